The van der Waals surface area contributed by atoms with Crippen LogP contribution in [0.5, 0.6) is 11.5 Å². The van der Waals surface area contributed by atoms with E-state index in [-0.39, 0.29) is 34.4 Å². The third-order valence-electron chi connectivity index (χ3n) is 3.00. The first-order valence-electron chi connectivity index (χ1n) is 6.77. The Balaban J connectivity index is 2.20. The molecular weight excluding hydrogens is 339 g/mol. The highest BCUT2D eigenvalue weighted by Gasteiger charge is 2.14. The summed E-state index contributed by atoms with van der Waals surface area (Å²) >= 11 is 5.67. The third kappa shape index (κ3) is 4.14. The topological polar surface area (TPSA) is 90.7 Å². The van der Waals surface area contributed by atoms with Gasteiger partial charge in [0.2, 0.25) is 0 Å². The molecule has 0 atom stereocenters. The van der Waals surface area contributed by atoms with E-state index < -0.39 is 17.6 Å². The highest BCUT2D eigenvalue weighted by Crippen LogP contribution is 2.29. The van der Waals surface area contributed by atoms with Gasteiger partial charge in [0.1, 0.15) is 0 Å². The van der Waals surface area contributed by atoms with Crippen molar-refractivity contribution in [2.75, 3.05) is 19.0 Å². The molecule has 2 rings (SSSR count). The van der Waals surface area contributed by atoms with Gasteiger partial charge in [0.25, 0.3) is 11.8 Å². The van der Waals surface area contributed by atoms with E-state index in [1.54, 1.807) is 0 Å². The molecule has 24 heavy (non-hydrogen) atoms. The molecule has 3 N–H and O–H groups in total. The first-order chi connectivity index (χ1) is 11.4. The summed E-state index contributed by atoms with van der Waals surface area (Å²) in [4.78, 5) is 23.0. The van der Waals surface area contributed by atoms with Gasteiger partial charge in [0.05, 0.1) is 17.8 Å². The Bertz CT molecular complexity index is 783. The Morgan fingerprint density at radius 1 is 1.25 bits per heavy atom. The molecule has 0 aliphatic heterocycles. The molecule has 0 saturated carbocycles. The van der Waals surface area contributed by atoms with Crippen LogP contribution in [0.1, 0.15) is 10.4 Å². The number of carbonyl (C=O) groups excluding carboxylic acids is 2. The van der Waals surface area contributed by atoms with E-state index in [1.807, 2.05) is 0 Å². The van der Waals surface area contributed by atoms with Crippen LogP contribution in [0.4, 0.5) is 10.1 Å². The van der Waals surface area contributed by atoms with Crippen LogP contribution in [0.2, 0.25) is 5.02 Å². The van der Waals surface area contributed by atoms with Crippen molar-refractivity contribution in [2.45, 2.75) is 0 Å². The van der Waals surface area contributed by atoms with Crippen molar-refractivity contribution in [3.8, 4) is 11.5 Å². The molecule has 0 saturated heterocycles. The molecule has 2 aromatic rings. The smallest absolute Gasteiger partial charge is 0.255 e. The summed E-state index contributed by atoms with van der Waals surface area (Å²) in [6, 6.07) is 8.57. The zero-order valence-electron chi connectivity index (χ0n) is 12.6. The minimum atomic E-state index is -0.721. The van der Waals surface area contributed by atoms with Gasteiger partial charge in [-0.3, -0.25) is 9.59 Å². The Hall–Kier alpha value is -2.80. The molecule has 0 aromatic heterocycles. The average Bonchev–Trinajstić information content (AvgIpc) is 2.56. The third-order valence-corrected chi connectivity index (χ3v) is 3.29. The summed E-state index contributed by atoms with van der Waals surface area (Å²) in [5, 5.41) is 2.32. The Morgan fingerprint density at radius 2 is 2.00 bits per heavy atom. The molecule has 0 heterocycles. The average molecular weight is 353 g/mol. The molecule has 0 aliphatic carbocycles. The first-order valence-corrected chi connectivity index (χ1v) is 7.14. The van der Waals surface area contributed by atoms with Crippen LogP contribution in [0, 0.1) is 5.82 Å². The van der Waals surface area contributed by atoms with Crippen molar-refractivity contribution in [3.05, 3.63) is 52.8 Å². The predicted molar refractivity (Wildman–Crippen MR) is 87.0 cm³/mol. The molecule has 126 valence electrons. The summed E-state index contributed by atoms with van der Waals surface area (Å²) in [5.41, 5.74) is 5.17. The molecule has 2 amide bonds. The number of rotatable bonds is 6. The lowest BCUT2D eigenvalue weighted by atomic mass is 10.1. The van der Waals surface area contributed by atoms with Gasteiger partial charge in [0, 0.05) is 5.56 Å². The monoisotopic (exact) mass is 352 g/mol. The van der Waals surface area contributed by atoms with E-state index in [1.165, 1.54) is 43.5 Å². The van der Waals surface area contributed by atoms with Crippen molar-refractivity contribution in [3.63, 3.8) is 0 Å². The summed E-state index contributed by atoms with van der Waals surface area (Å²) in [6.07, 6.45) is 0. The largest absolute Gasteiger partial charge is 0.493 e. The van der Waals surface area contributed by atoms with E-state index in [0.717, 1.165) is 0 Å². The van der Waals surface area contributed by atoms with Crippen LogP contribution in [0.3, 0.4) is 0 Å². The number of hydrogen-bond acceptors (Lipinski definition) is 4. The second-order valence-electron chi connectivity index (χ2n) is 4.68. The fourth-order valence-corrected chi connectivity index (χ4v) is 2.05. The summed E-state index contributed by atoms with van der Waals surface area (Å²) in [5.74, 6) is -1.44. The minimum Gasteiger partial charge on any atom is -0.493 e. The van der Waals surface area contributed by atoms with Crippen molar-refractivity contribution >= 4 is 29.1 Å². The lowest BCUT2D eigenvalue weighted by molar-refractivity contribution is -0.119. The van der Waals surface area contributed by atoms with E-state index in [0.29, 0.717) is 0 Å². The van der Waals surface area contributed by atoms with E-state index in [9.17, 15) is 14.0 Å². The van der Waals surface area contributed by atoms with Gasteiger partial charge in [-0.25, -0.2) is 4.39 Å². The molecule has 0 spiro atoms. The molecular formula is C16H14ClFN2O4. The number of halogens is 2. The van der Waals surface area contributed by atoms with Gasteiger partial charge in [-0.05, 0) is 30.3 Å². The highest BCUT2D eigenvalue weighted by molar-refractivity contribution is 6.31. The van der Waals surface area contributed by atoms with Crippen LogP contribution in [-0.4, -0.2) is 25.5 Å². The van der Waals surface area contributed by atoms with Crippen molar-refractivity contribution in [1.29, 1.82) is 0 Å². The maximum absolute atomic E-state index is 13.8. The molecule has 0 aliphatic rings. The zero-order valence-corrected chi connectivity index (χ0v) is 13.4. The molecule has 2 aromatic carbocycles. The van der Waals surface area contributed by atoms with Gasteiger partial charge in [-0.15, -0.1) is 0 Å². The molecule has 0 unspecified atom stereocenters. The highest BCUT2D eigenvalue weighted by atomic mass is 35.5. The van der Waals surface area contributed by atoms with Gasteiger partial charge < -0.3 is 20.5 Å². The van der Waals surface area contributed by atoms with Crippen LogP contribution in [-0.2, 0) is 4.79 Å². The van der Waals surface area contributed by atoms with E-state index in [2.05, 4.69) is 5.32 Å². The number of amides is 2. The fraction of sp³-hybridized carbons (Fsp3) is 0.125. The number of primary amides is 1. The van der Waals surface area contributed by atoms with Gasteiger partial charge in [-0.1, -0.05) is 17.7 Å². The SMILES string of the molecule is COc1cc(C(=O)Nc2cccc(Cl)c2F)ccc1OCC(N)=O. The summed E-state index contributed by atoms with van der Waals surface area (Å²) in [6.45, 7) is -0.324. The second kappa shape index (κ2) is 7.65. The number of methoxy groups -OCH3 is 1. The number of ether oxygens (including phenoxy) is 2. The molecule has 0 fully saturated rings. The minimum absolute atomic E-state index is 0.0412. The Labute approximate surface area is 142 Å². The summed E-state index contributed by atoms with van der Waals surface area (Å²) in [7, 11) is 1.38. The van der Waals surface area contributed by atoms with Gasteiger partial charge in [0.15, 0.2) is 23.9 Å². The molecule has 0 radical (unpaired) electrons. The number of carbonyl (C=O) groups is 2. The lowest BCUT2D eigenvalue weighted by Crippen LogP contribution is -2.20. The van der Waals surface area contributed by atoms with Crippen LogP contribution in [0.25, 0.3) is 0 Å². The van der Waals surface area contributed by atoms with Crippen molar-refractivity contribution < 1.29 is 23.5 Å². The molecule has 6 nitrogen and oxygen atoms in total. The van der Waals surface area contributed by atoms with Crippen LogP contribution in [0.15, 0.2) is 36.4 Å². The fourth-order valence-electron chi connectivity index (χ4n) is 1.87. The molecule has 8 heteroatoms. The zero-order chi connectivity index (χ0) is 17.7. The van der Waals surface area contributed by atoms with Crippen LogP contribution < -0.4 is 20.5 Å². The maximum Gasteiger partial charge on any atom is 0.255 e. The first kappa shape index (κ1) is 17.6. The Morgan fingerprint density at radius 3 is 2.67 bits per heavy atom. The van der Waals surface area contributed by atoms with E-state index >= 15 is 0 Å². The maximum atomic E-state index is 13.8. The second-order valence-corrected chi connectivity index (χ2v) is 5.08. The van der Waals surface area contributed by atoms with Crippen molar-refractivity contribution in [2.24, 2.45) is 5.73 Å². The Kier molecular flexibility index (Phi) is 5.59. The molecule has 0 bridgehead atoms. The predicted octanol–water partition coefficient (Wildman–Crippen LogP) is 2.60. The van der Waals surface area contributed by atoms with Gasteiger partial charge in [-0.2, -0.15) is 0 Å². The van der Waals surface area contributed by atoms with Crippen LogP contribution >= 0.6 is 11.6 Å². The van der Waals surface area contributed by atoms with Gasteiger partial charge >= 0.3 is 0 Å². The number of hydrogen-bond donors (Lipinski definition) is 2. The lowest BCUT2D eigenvalue weighted by Gasteiger charge is -2.12. The van der Waals surface area contributed by atoms with E-state index in [4.69, 9.17) is 26.8 Å². The van der Waals surface area contributed by atoms with Crippen molar-refractivity contribution in [1.82, 2.24) is 0 Å². The summed E-state index contributed by atoms with van der Waals surface area (Å²) < 4.78 is 24.1. The number of anilines is 1. The number of nitrogens with one attached hydrogen (secondary N) is 1. The normalized spacial score (nSPS) is 10.1. The standard InChI is InChI=1S/C16H14ClFN2O4/c1-23-13-7-9(5-6-12(13)24-8-14(19)21)16(22)20-11-4-2-3-10(17)15(11)18/h2-7H,8H2,1H3,(H2,19,21)(H,20,22). The number of nitrogens with two attached hydrogens (primary N) is 1. The number of benzene rings is 2. The quantitative estimate of drug-likeness (QED) is 0.836.